The number of benzene rings is 2. The highest BCUT2D eigenvalue weighted by atomic mass is 35.5. The van der Waals surface area contributed by atoms with Gasteiger partial charge in [-0.15, -0.1) is 0 Å². The molecule has 11 heteroatoms. The highest BCUT2D eigenvalue weighted by Crippen LogP contribution is 2.55. The van der Waals surface area contributed by atoms with Gasteiger partial charge in [0.2, 0.25) is 11.8 Å². The number of allylic oxidation sites excluding steroid dienone is 1. The van der Waals surface area contributed by atoms with Crippen LogP contribution in [-0.4, -0.2) is 77.2 Å². The van der Waals surface area contributed by atoms with Crippen LogP contribution in [-0.2, 0) is 28.7 Å². The van der Waals surface area contributed by atoms with Crippen molar-refractivity contribution in [1.82, 2.24) is 10.2 Å². The molecule has 0 unspecified atom stereocenters. The van der Waals surface area contributed by atoms with Gasteiger partial charge in [0.05, 0.1) is 31.2 Å². The highest BCUT2D eigenvalue weighted by Gasteiger charge is 2.72. The summed E-state index contributed by atoms with van der Waals surface area (Å²) in [4.78, 5) is 58.4. The van der Waals surface area contributed by atoms with E-state index in [1.807, 2.05) is 6.07 Å². The van der Waals surface area contributed by atoms with Crippen molar-refractivity contribution >= 4 is 41.0 Å². The molecular formula is C33H34ClN3O7. The number of amides is 3. The first-order chi connectivity index (χ1) is 21.2. The van der Waals surface area contributed by atoms with E-state index in [9.17, 15) is 24.3 Å². The lowest BCUT2D eigenvalue weighted by Crippen LogP contribution is -2.56. The molecule has 1 spiro atoms. The topological polar surface area (TPSA) is 125 Å². The molecule has 2 aromatic carbocycles. The van der Waals surface area contributed by atoms with E-state index in [-0.39, 0.29) is 25.4 Å². The molecule has 2 aromatic rings. The van der Waals surface area contributed by atoms with Crippen molar-refractivity contribution in [2.45, 2.75) is 49.7 Å². The summed E-state index contributed by atoms with van der Waals surface area (Å²) in [6, 6.07) is 13.7. The zero-order chi connectivity index (χ0) is 31.0. The Kier molecular flexibility index (Phi) is 8.32. The van der Waals surface area contributed by atoms with E-state index in [2.05, 4.69) is 5.32 Å². The molecule has 4 aliphatic rings. The third-order valence-corrected chi connectivity index (χ3v) is 9.06. The van der Waals surface area contributed by atoms with Crippen LogP contribution in [0.1, 0.15) is 31.4 Å². The fourth-order valence-corrected chi connectivity index (χ4v) is 6.95. The van der Waals surface area contributed by atoms with Crippen LogP contribution in [0.4, 0.5) is 5.69 Å². The maximum Gasteiger partial charge on any atom is 0.313 e. The van der Waals surface area contributed by atoms with Crippen molar-refractivity contribution in [2.75, 3.05) is 24.6 Å². The number of nitrogens with one attached hydrogen (secondary N) is 1. The van der Waals surface area contributed by atoms with Gasteiger partial charge in [0.15, 0.2) is 0 Å². The lowest BCUT2D eigenvalue weighted by atomic mass is 9.78. The van der Waals surface area contributed by atoms with Gasteiger partial charge in [0, 0.05) is 23.7 Å². The molecule has 2 fully saturated rings. The second kappa shape index (κ2) is 12.2. The van der Waals surface area contributed by atoms with Crippen molar-refractivity contribution in [3.63, 3.8) is 0 Å². The molecule has 44 heavy (non-hydrogen) atoms. The summed E-state index contributed by atoms with van der Waals surface area (Å²) in [5.41, 5.74) is -0.320. The van der Waals surface area contributed by atoms with Crippen molar-refractivity contribution in [3.8, 4) is 0 Å². The molecule has 0 aromatic heterocycles. The second-order valence-electron chi connectivity index (χ2n) is 11.5. The van der Waals surface area contributed by atoms with Crippen LogP contribution in [0, 0.1) is 11.8 Å². The number of rotatable bonds is 4. The Labute approximate surface area is 260 Å². The van der Waals surface area contributed by atoms with Gasteiger partial charge in [-0.2, -0.15) is 0 Å². The number of nitrogens with zero attached hydrogens (tertiary/aromatic N) is 2. The molecule has 0 bridgehead atoms. The average Bonchev–Trinajstić information content (AvgIpc) is 3.40. The third-order valence-electron chi connectivity index (χ3n) is 8.80. The standard InChI is InChI=1S/C33H34ClN3O7/c1-20-18-35-26(39)11-6-5-10-25-27(32(42)43-20)28-30(40)37(24(19-38)21-8-3-2-4-9-21)29-31(41)36(17-7-16-33(28,29)44-25)23-14-12-22(34)13-15-23/h2-5,7-10,12-16,20,24-25,27-29,38H,6,11,17-19H2,1H3,(H,35,39)/b10-5-/t20-,24+,25-,27+,28+,29-,33+/m0/s1. The van der Waals surface area contributed by atoms with E-state index in [0.29, 0.717) is 22.7 Å². The summed E-state index contributed by atoms with van der Waals surface area (Å²) in [6.07, 6.45) is 6.05. The fourth-order valence-electron chi connectivity index (χ4n) is 6.82. The number of hydrogen-bond acceptors (Lipinski definition) is 7. The zero-order valence-corrected chi connectivity index (χ0v) is 24.9. The molecule has 3 amide bonds. The van der Waals surface area contributed by atoms with E-state index >= 15 is 0 Å². The molecule has 0 radical (unpaired) electrons. The number of hydrogen-bond donors (Lipinski definition) is 2. The smallest absolute Gasteiger partial charge is 0.313 e. The van der Waals surface area contributed by atoms with Gasteiger partial charge in [0.25, 0.3) is 5.91 Å². The lowest BCUT2D eigenvalue weighted by molar-refractivity contribution is -0.159. The minimum atomic E-state index is -1.53. The SMILES string of the molecule is C[C@H]1CNC(=O)CC/C=C\[C@@H]2O[C@@]34C=CCN(c5ccc(Cl)cc5)C(=O)[C@@H]3N([C@H](CO)c3ccccc3)C(=O)[C@H]4[C@@H]2C(=O)O1. The van der Waals surface area contributed by atoms with Gasteiger partial charge >= 0.3 is 5.97 Å². The predicted molar refractivity (Wildman–Crippen MR) is 161 cm³/mol. The van der Waals surface area contributed by atoms with Crippen LogP contribution in [0.25, 0.3) is 0 Å². The minimum Gasteiger partial charge on any atom is -0.460 e. The van der Waals surface area contributed by atoms with Gasteiger partial charge in [0.1, 0.15) is 23.7 Å². The van der Waals surface area contributed by atoms with Crippen LogP contribution < -0.4 is 10.2 Å². The maximum atomic E-state index is 14.7. The quantitative estimate of drug-likeness (QED) is 0.398. The van der Waals surface area contributed by atoms with E-state index in [0.717, 1.165) is 0 Å². The molecule has 10 nitrogen and oxygen atoms in total. The number of aliphatic hydroxyl groups excluding tert-OH is 1. The monoisotopic (exact) mass is 619 g/mol. The Morgan fingerprint density at radius 3 is 2.52 bits per heavy atom. The maximum absolute atomic E-state index is 14.7. The lowest BCUT2D eigenvalue weighted by Gasteiger charge is -2.38. The molecule has 6 rings (SSSR count). The van der Waals surface area contributed by atoms with Gasteiger partial charge in [-0.1, -0.05) is 66.2 Å². The van der Waals surface area contributed by atoms with Gasteiger partial charge in [-0.3, -0.25) is 19.2 Å². The Bertz CT molecular complexity index is 1500. The highest BCUT2D eigenvalue weighted by molar-refractivity contribution is 6.30. The van der Waals surface area contributed by atoms with Crippen LogP contribution in [0.3, 0.4) is 0 Å². The molecular weight excluding hydrogens is 586 g/mol. The summed E-state index contributed by atoms with van der Waals surface area (Å²) in [7, 11) is 0. The number of ether oxygens (including phenoxy) is 2. The van der Waals surface area contributed by atoms with Crippen molar-refractivity contribution < 1.29 is 33.8 Å². The average molecular weight is 620 g/mol. The summed E-state index contributed by atoms with van der Waals surface area (Å²) < 4.78 is 12.5. The zero-order valence-electron chi connectivity index (χ0n) is 24.2. The molecule has 7 atom stereocenters. The number of cyclic esters (lactones) is 1. The third kappa shape index (κ3) is 5.21. The second-order valence-corrected chi connectivity index (χ2v) is 12.0. The molecule has 4 heterocycles. The summed E-state index contributed by atoms with van der Waals surface area (Å²) in [5, 5.41) is 14.0. The van der Waals surface area contributed by atoms with Gasteiger partial charge < -0.3 is 29.7 Å². The number of likely N-dealkylation sites (tertiary alicyclic amines) is 1. The van der Waals surface area contributed by atoms with Crippen LogP contribution >= 0.6 is 11.6 Å². The Morgan fingerprint density at radius 2 is 1.80 bits per heavy atom. The first-order valence-electron chi connectivity index (χ1n) is 14.8. The number of aliphatic hydroxyl groups is 1. The van der Waals surface area contributed by atoms with Gasteiger partial charge in [-0.25, -0.2) is 0 Å². The molecule has 2 saturated heterocycles. The van der Waals surface area contributed by atoms with E-state index in [1.54, 1.807) is 84.7 Å². The molecule has 2 N–H and O–H groups in total. The number of carbonyl (C=O) groups is 4. The summed E-state index contributed by atoms with van der Waals surface area (Å²) >= 11 is 6.13. The van der Waals surface area contributed by atoms with Crippen molar-refractivity contribution in [2.24, 2.45) is 11.8 Å². The number of esters is 1. The molecule has 4 aliphatic heterocycles. The first-order valence-corrected chi connectivity index (χ1v) is 15.2. The number of halogens is 1. The Hall–Kier alpha value is -3.99. The first kappa shape index (κ1) is 30.1. The molecule has 230 valence electrons. The predicted octanol–water partition coefficient (Wildman–Crippen LogP) is 2.96. The van der Waals surface area contributed by atoms with Crippen LogP contribution in [0.2, 0.25) is 5.02 Å². The van der Waals surface area contributed by atoms with Crippen molar-refractivity contribution in [3.05, 3.63) is 89.5 Å². The number of fused-ring (bicyclic) bond motifs is 2. The molecule has 0 aliphatic carbocycles. The molecule has 0 saturated carbocycles. The number of anilines is 1. The van der Waals surface area contributed by atoms with E-state index < -0.39 is 66.1 Å². The van der Waals surface area contributed by atoms with Crippen LogP contribution in [0.15, 0.2) is 78.9 Å². The van der Waals surface area contributed by atoms with Crippen molar-refractivity contribution in [1.29, 1.82) is 0 Å². The summed E-state index contributed by atoms with van der Waals surface area (Å²) in [6.45, 7) is 1.52. The largest absolute Gasteiger partial charge is 0.460 e. The van der Waals surface area contributed by atoms with E-state index in [4.69, 9.17) is 21.1 Å². The van der Waals surface area contributed by atoms with Gasteiger partial charge in [-0.05, 0) is 43.2 Å². The normalized spacial score (nSPS) is 31.9. The Balaban J connectivity index is 1.49. The number of carbonyl (C=O) groups excluding carboxylic acids is 4. The Morgan fingerprint density at radius 1 is 1.05 bits per heavy atom. The summed E-state index contributed by atoms with van der Waals surface area (Å²) in [5.74, 6) is -3.90. The van der Waals surface area contributed by atoms with Crippen LogP contribution in [0.5, 0.6) is 0 Å². The minimum absolute atomic E-state index is 0.125. The fraction of sp³-hybridized carbons (Fsp3) is 0.394. The van der Waals surface area contributed by atoms with E-state index in [1.165, 1.54) is 4.90 Å².